The fourth-order valence-electron chi connectivity index (χ4n) is 23.6. The Kier molecular flexibility index (Phi) is 8.60. The number of hydrogen-bond donors (Lipinski definition) is 0. The van der Waals surface area contributed by atoms with Crippen LogP contribution in [-0.2, 0) is 17.0 Å². The number of para-hydroxylation sites is 6. The highest BCUT2D eigenvalue weighted by molar-refractivity contribution is 6.21. The van der Waals surface area contributed by atoms with Gasteiger partial charge in [0, 0.05) is 79.1 Å². The second kappa shape index (κ2) is 17.5. The van der Waals surface area contributed by atoms with Crippen molar-refractivity contribution >= 4 is 180 Å². The Bertz CT molecular complexity index is 8190. The lowest BCUT2D eigenvalue weighted by molar-refractivity contribution is -0.935. The molecule has 11 aromatic heterocycles. The number of benzene rings is 13. The van der Waals surface area contributed by atoms with Gasteiger partial charge in [-0.05, 0) is 162 Å². The van der Waals surface area contributed by atoms with E-state index in [0.717, 1.165) is 51.2 Å². The number of rotatable bonds is 0. The maximum absolute atomic E-state index is 6.76. The van der Waals surface area contributed by atoms with E-state index in [9.17, 15) is 0 Å². The number of hydrogen-bond acceptors (Lipinski definition) is 5. The monoisotopic (exact) mass is 1420 g/mol. The predicted molar refractivity (Wildman–Crippen MR) is 426 cm³/mol. The van der Waals surface area contributed by atoms with Crippen molar-refractivity contribution in [1.82, 2.24) is 23.2 Å². The Morgan fingerprint density at radius 1 is 0.261 bits per heavy atom. The molecule has 0 N–H and O–H groups in total. The second-order valence-electron chi connectivity index (χ2n) is 31.4. The smallest absolute Gasteiger partial charge is 0.372 e. The first kappa shape index (κ1) is 54.6. The summed E-state index contributed by atoms with van der Waals surface area (Å²) in [6.07, 6.45) is 12.6. The molecule has 0 fully saturated rings. The van der Waals surface area contributed by atoms with E-state index in [4.69, 9.17) is 19.2 Å². The molecule has 3 atom stereocenters. The lowest BCUT2D eigenvalue weighted by Gasteiger charge is -2.28. The summed E-state index contributed by atoms with van der Waals surface area (Å²) in [5, 5.41) is 22.6. The van der Waals surface area contributed by atoms with E-state index in [1.54, 1.807) is 0 Å². The molecule has 0 saturated heterocycles. The molecule has 14 heteroatoms. The van der Waals surface area contributed by atoms with Crippen LogP contribution in [0, 0.1) is 0 Å². The van der Waals surface area contributed by atoms with Gasteiger partial charge in [-0.15, -0.1) is 27.4 Å². The Labute approximate surface area is 624 Å². The van der Waals surface area contributed by atoms with E-state index < -0.39 is 17.0 Å². The third kappa shape index (κ3) is 5.40. The standard InChI is InChI=1S/C33H17N3O.2C32H16N4O/c1-2-8-22-20(7-1)21-14-16-26-30-28(21)32-35(22)23-9-3-4-10-24(23)36(32)33(30)29-25(37-26)15-13-18-11-12-19-6-5-17-34(33)31(19)27(18)29;1-2-7-21-19(6-1)20-12-14-24-28-26(20)31-35(21)30-22(8-3-15-33-30)36(31)32(28)27-23(37-24)13-11-17-9-10-18-5-4-16-34(32)29(18)25(17)27;1-2-6-22-21(5-1)35-23-16-33-14-13-19(23)20-10-12-25-29-27(20)31(35)36(22)32(29)28-24(37-25)11-9-17-7-8-18-4-3-15-34(32)30(18)26(17)28/h1-17H;2*1-16H/q3*+2. The minimum Gasteiger partial charge on any atom is -0.456 e. The van der Waals surface area contributed by atoms with E-state index >= 15 is 0 Å². The molecule has 3 unspecified atom stereocenters. The van der Waals surface area contributed by atoms with Gasteiger partial charge >= 0.3 is 33.9 Å². The van der Waals surface area contributed by atoms with E-state index in [0.29, 0.717) is 0 Å². The molecule has 0 bridgehead atoms. The molecule has 13 aromatic carbocycles. The number of pyridine rings is 8. The molecule has 20 heterocycles. The molecule has 0 radical (unpaired) electrons. The Hall–Kier alpha value is -15.0. The molecular weight excluding hydrogens is 1370 g/mol. The molecule has 33 rings (SSSR count). The lowest BCUT2D eigenvalue weighted by Crippen LogP contribution is -2.72. The van der Waals surface area contributed by atoms with Crippen molar-refractivity contribution in [2.45, 2.75) is 17.0 Å². The van der Waals surface area contributed by atoms with E-state index in [2.05, 4.69) is 325 Å². The van der Waals surface area contributed by atoms with E-state index in [1.807, 2.05) is 18.6 Å². The fraction of sp³-hybridized carbons (Fsp3) is 0.0309. The van der Waals surface area contributed by atoms with Crippen LogP contribution >= 0.6 is 0 Å². The molecular formula is C97H49N11O3+6. The Morgan fingerprint density at radius 2 is 0.613 bits per heavy atom. The molecule has 9 aliphatic heterocycles. The van der Waals surface area contributed by atoms with Gasteiger partial charge in [-0.3, -0.25) is 4.98 Å². The number of imidazole rings is 3. The zero-order valence-corrected chi connectivity index (χ0v) is 58.4. The molecule has 0 saturated carbocycles. The van der Waals surface area contributed by atoms with Crippen LogP contribution in [0.1, 0.15) is 33.4 Å². The molecule has 9 aliphatic rings. The minimum absolute atomic E-state index is 0.556. The first-order valence-corrected chi connectivity index (χ1v) is 38.1. The van der Waals surface area contributed by atoms with Gasteiger partial charge in [0.1, 0.15) is 78.9 Å². The predicted octanol–water partition coefficient (Wildman–Crippen LogP) is 17.7. The Morgan fingerprint density at radius 3 is 1.08 bits per heavy atom. The zero-order chi connectivity index (χ0) is 70.9. The number of ether oxygens (including phenoxy) is 3. The van der Waals surface area contributed by atoms with Crippen LogP contribution in [0.3, 0.4) is 0 Å². The molecule has 14 nitrogen and oxygen atoms in total. The molecule has 111 heavy (non-hydrogen) atoms. The summed E-state index contributed by atoms with van der Waals surface area (Å²) >= 11 is 0. The number of fused-ring (bicyclic) bond motifs is 18. The number of nitrogens with zero attached hydrogens (tertiary/aromatic N) is 11. The van der Waals surface area contributed by atoms with E-state index in [1.165, 1.54) is 197 Å². The molecule has 3 spiro atoms. The topological polar surface area (TPSA) is 90.0 Å². The van der Waals surface area contributed by atoms with Gasteiger partial charge in [0.15, 0.2) is 46.2 Å². The van der Waals surface area contributed by atoms with Gasteiger partial charge in [0.05, 0.1) is 38.5 Å². The van der Waals surface area contributed by atoms with Crippen molar-refractivity contribution in [1.29, 1.82) is 0 Å². The zero-order valence-electron chi connectivity index (χ0n) is 58.4. The summed E-state index contributed by atoms with van der Waals surface area (Å²) in [5.41, 5.74) is 23.5. The highest BCUT2D eigenvalue weighted by atomic mass is 16.5. The van der Waals surface area contributed by atoms with Crippen molar-refractivity contribution in [3.8, 4) is 34.5 Å². The summed E-state index contributed by atoms with van der Waals surface area (Å²) in [7, 11) is 0. The Balaban J connectivity index is 0.0000000840. The summed E-state index contributed by atoms with van der Waals surface area (Å²) in [4.78, 5) is 9.51. The largest absolute Gasteiger partial charge is 0.456 e. The highest BCUT2D eigenvalue weighted by Gasteiger charge is 2.72. The fourth-order valence-corrected chi connectivity index (χ4v) is 23.6. The second-order valence-corrected chi connectivity index (χ2v) is 31.4. The van der Waals surface area contributed by atoms with Gasteiger partial charge in [-0.2, -0.15) is 13.2 Å². The van der Waals surface area contributed by atoms with Crippen LogP contribution in [0.2, 0.25) is 0 Å². The average molecular weight is 1420 g/mol. The lowest BCUT2D eigenvalue weighted by atomic mass is 9.85. The summed E-state index contributed by atoms with van der Waals surface area (Å²) in [5.74, 6) is 5.61. The first-order valence-electron chi connectivity index (χ1n) is 38.1. The van der Waals surface area contributed by atoms with Crippen LogP contribution in [-0.4, -0.2) is 23.2 Å². The maximum atomic E-state index is 6.76. The normalized spacial score (nSPS) is 18.1. The maximum Gasteiger partial charge on any atom is 0.372 e. The van der Waals surface area contributed by atoms with Crippen molar-refractivity contribution in [3.05, 3.63) is 331 Å². The average Bonchev–Trinajstić information content (AvgIpc) is 1.47. The highest BCUT2D eigenvalue weighted by Crippen LogP contribution is 2.63. The summed E-state index contributed by atoms with van der Waals surface area (Å²) < 4.78 is 42.8. The quantitative estimate of drug-likeness (QED) is 0.111. The van der Waals surface area contributed by atoms with Crippen LogP contribution < -0.4 is 41.6 Å². The summed E-state index contributed by atoms with van der Waals surface area (Å²) in [6.45, 7) is 0. The first-order chi connectivity index (χ1) is 55.1. The summed E-state index contributed by atoms with van der Waals surface area (Å²) in [6, 6.07) is 94.6. The molecule has 504 valence electrons. The molecule has 24 aromatic rings. The van der Waals surface area contributed by atoms with Crippen LogP contribution in [0.15, 0.2) is 298 Å². The van der Waals surface area contributed by atoms with Crippen molar-refractivity contribution in [3.63, 3.8) is 0 Å². The van der Waals surface area contributed by atoms with E-state index in [-0.39, 0.29) is 0 Å². The van der Waals surface area contributed by atoms with Crippen molar-refractivity contribution in [2.75, 3.05) is 0 Å². The number of aromatic nitrogens is 11. The van der Waals surface area contributed by atoms with Gasteiger partial charge in [0.2, 0.25) is 22.1 Å². The van der Waals surface area contributed by atoms with Gasteiger partial charge in [-0.25, -0.2) is 4.98 Å². The SMILES string of the molecule is c1ccc2c(c1)c1ccc3c4c1c1n2c2ccccc2[n+]1C41c2c(ccc4ccc5ccc[n+]1c5c24)O3.c1ccc2c(c1)c1ccc3c4c1c1n2c2ncccc2[n+]1C41c2c(ccc4ccc5ccc[n+]1c5c24)O3.c1ccc2c(c1)n1c3cnccc3c3ccc4c5c3c1[n+]2C51c2c(ccc3ccc5ccc[n+]1c5c23)O4. The van der Waals surface area contributed by atoms with Crippen molar-refractivity contribution in [2.24, 2.45) is 0 Å². The van der Waals surface area contributed by atoms with Crippen molar-refractivity contribution < 1.29 is 41.6 Å². The minimum atomic E-state index is -0.596. The van der Waals surface area contributed by atoms with Crippen LogP contribution in [0.25, 0.3) is 180 Å². The van der Waals surface area contributed by atoms with Crippen LogP contribution in [0.4, 0.5) is 0 Å². The molecule has 0 aliphatic carbocycles. The van der Waals surface area contributed by atoms with Gasteiger partial charge < -0.3 is 14.2 Å². The third-order valence-corrected chi connectivity index (χ3v) is 27.1. The van der Waals surface area contributed by atoms with Gasteiger partial charge in [0.25, 0.3) is 5.65 Å². The molecule has 0 amide bonds. The van der Waals surface area contributed by atoms with Crippen LogP contribution in [0.5, 0.6) is 34.5 Å². The van der Waals surface area contributed by atoms with Gasteiger partial charge in [-0.1, -0.05) is 97.1 Å². The third-order valence-electron chi connectivity index (χ3n) is 27.1.